The van der Waals surface area contributed by atoms with Gasteiger partial charge in [0.2, 0.25) is 10.0 Å². The van der Waals surface area contributed by atoms with E-state index in [1.54, 1.807) is 43.0 Å². The van der Waals surface area contributed by atoms with Gasteiger partial charge in [-0.05, 0) is 12.1 Å². The Bertz CT molecular complexity index is 823. The molecule has 0 atom stereocenters. The van der Waals surface area contributed by atoms with Crippen molar-refractivity contribution in [3.63, 3.8) is 0 Å². The fraction of sp³-hybridized carbons (Fsp3) is 0.0769. The number of fused-ring (bicyclic) bond motifs is 1. The lowest BCUT2D eigenvalue weighted by molar-refractivity contribution is 0.580. The molecule has 7 heteroatoms. The van der Waals surface area contributed by atoms with E-state index in [9.17, 15) is 8.42 Å². The van der Waals surface area contributed by atoms with Gasteiger partial charge in [0.1, 0.15) is 5.82 Å². The summed E-state index contributed by atoms with van der Waals surface area (Å²) >= 11 is 0. The lowest BCUT2D eigenvalue weighted by Crippen LogP contribution is -2.24. The van der Waals surface area contributed by atoms with Crippen molar-refractivity contribution in [3.8, 4) is 0 Å². The van der Waals surface area contributed by atoms with E-state index in [0.717, 1.165) is 5.39 Å². The van der Waals surface area contributed by atoms with Gasteiger partial charge in [0.25, 0.3) is 0 Å². The molecule has 1 aromatic carbocycles. The zero-order valence-electron chi connectivity index (χ0n) is 10.4. The van der Waals surface area contributed by atoms with Crippen LogP contribution in [0, 0.1) is 0 Å². The van der Waals surface area contributed by atoms with Crippen molar-refractivity contribution in [1.82, 2.24) is 19.7 Å². The monoisotopic (exact) mass is 288 g/mol. The molecule has 0 aliphatic carbocycles. The number of sulfonamides is 1. The van der Waals surface area contributed by atoms with E-state index in [1.165, 1.54) is 0 Å². The SMILES string of the molecule is O=S(=O)(NCc1ncc[nH]1)c1cccc2cnccc12. The molecule has 0 fully saturated rings. The lowest BCUT2D eigenvalue weighted by Gasteiger charge is -2.08. The Morgan fingerprint density at radius 1 is 1.20 bits per heavy atom. The van der Waals surface area contributed by atoms with Crippen molar-refractivity contribution in [2.75, 3.05) is 0 Å². The van der Waals surface area contributed by atoms with Gasteiger partial charge in [-0.3, -0.25) is 4.98 Å². The highest BCUT2D eigenvalue weighted by Gasteiger charge is 2.17. The van der Waals surface area contributed by atoms with Gasteiger partial charge in [-0.15, -0.1) is 0 Å². The molecule has 0 amide bonds. The quantitative estimate of drug-likeness (QED) is 0.760. The van der Waals surface area contributed by atoms with Crippen molar-refractivity contribution >= 4 is 20.8 Å². The number of rotatable bonds is 4. The Morgan fingerprint density at radius 3 is 2.90 bits per heavy atom. The average molecular weight is 288 g/mol. The second-order valence-corrected chi connectivity index (χ2v) is 5.95. The number of pyridine rings is 1. The standard InChI is InChI=1S/C13H12N4O2S/c18-20(19,17-9-13-15-6-7-16-13)12-3-1-2-10-8-14-5-4-11(10)12/h1-8,17H,9H2,(H,15,16). The van der Waals surface area contributed by atoms with Gasteiger partial charge in [0.05, 0.1) is 11.4 Å². The van der Waals surface area contributed by atoms with Crippen LogP contribution < -0.4 is 4.72 Å². The smallest absolute Gasteiger partial charge is 0.241 e. The molecule has 0 radical (unpaired) electrons. The number of nitrogens with one attached hydrogen (secondary N) is 2. The molecule has 3 rings (SSSR count). The minimum atomic E-state index is -3.60. The van der Waals surface area contributed by atoms with Gasteiger partial charge >= 0.3 is 0 Å². The topological polar surface area (TPSA) is 87.7 Å². The van der Waals surface area contributed by atoms with Crippen LogP contribution in [0.3, 0.4) is 0 Å². The molecule has 0 spiro atoms. The predicted octanol–water partition coefficient (Wildman–Crippen LogP) is 1.44. The molecule has 0 aliphatic rings. The molecule has 6 nitrogen and oxygen atoms in total. The van der Waals surface area contributed by atoms with E-state index in [1.807, 2.05) is 6.07 Å². The van der Waals surface area contributed by atoms with Crippen molar-refractivity contribution in [3.05, 3.63) is 54.9 Å². The predicted molar refractivity (Wildman–Crippen MR) is 74.4 cm³/mol. The molecule has 0 saturated heterocycles. The maximum atomic E-state index is 12.4. The van der Waals surface area contributed by atoms with E-state index in [-0.39, 0.29) is 11.4 Å². The summed E-state index contributed by atoms with van der Waals surface area (Å²) in [5.41, 5.74) is 0. The first kappa shape index (κ1) is 12.8. The van der Waals surface area contributed by atoms with E-state index >= 15 is 0 Å². The van der Waals surface area contributed by atoms with E-state index < -0.39 is 10.0 Å². The number of aromatic amines is 1. The van der Waals surface area contributed by atoms with Crippen LogP contribution in [0.25, 0.3) is 10.8 Å². The Hall–Kier alpha value is -2.25. The lowest BCUT2D eigenvalue weighted by atomic mass is 10.2. The molecule has 20 heavy (non-hydrogen) atoms. The fourth-order valence-corrected chi connectivity index (χ4v) is 3.18. The summed E-state index contributed by atoms with van der Waals surface area (Å²) in [6, 6.07) is 6.79. The number of H-pyrrole nitrogens is 1. The summed E-state index contributed by atoms with van der Waals surface area (Å²) < 4.78 is 27.3. The minimum absolute atomic E-state index is 0.122. The van der Waals surface area contributed by atoms with E-state index in [0.29, 0.717) is 11.2 Å². The molecule has 2 heterocycles. The van der Waals surface area contributed by atoms with Crippen LogP contribution in [-0.4, -0.2) is 23.4 Å². The molecule has 0 aliphatic heterocycles. The Kier molecular flexibility index (Phi) is 3.21. The largest absolute Gasteiger partial charge is 0.347 e. The van der Waals surface area contributed by atoms with Gasteiger partial charge in [-0.2, -0.15) is 0 Å². The first-order valence-electron chi connectivity index (χ1n) is 5.97. The first-order chi connectivity index (χ1) is 9.67. The fourth-order valence-electron chi connectivity index (χ4n) is 1.96. The second kappa shape index (κ2) is 5.03. The number of aromatic nitrogens is 3. The van der Waals surface area contributed by atoms with Crippen LogP contribution in [0.5, 0.6) is 0 Å². The third-order valence-electron chi connectivity index (χ3n) is 2.91. The molecular weight excluding hydrogens is 276 g/mol. The van der Waals surface area contributed by atoms with Crippen LogP contribution >= 0.6 is 0 Å². The van der Waals surface area contributed by atoms with Crippen LogP contribution in [0.15, 0.2) is 53.9 Å². The zero-order chi connectivity index (χ0) is 14.0. The average Bonchev–Trinajstić information content (AvgIpc) is 2.98. The molecule has 0 unspecified atom stereocenters. The van der Waals surface area contributed by atoms with Crippen molar-refractivity contribution < 1.29 is 8.42 Å². The summed E-state index contributed by atoms with van der Waals surface area (Å²) in [6.07, 6.45) is 6.44. The highest BCUT2D eigenvalue weighted by molar-refractivity contribution is 7.89. The molecule has 2 aromatic heterocycles. The van der Waals surface area contributed by atoms with Crippen molar-refractivity contribution in [1.29, 1.82) is 0 Å². The third kappa shape index (κ3) is 2.40. The summed E-state index contributed by atoms with van der Waals surface area (Å²) in [4.78, 5) is 11.1. The summed E-state index contributed by atoms with van der Waals surface area (Å²) in [5.74, 6) is 0.565. The van der Waals surface area contributed by atoms with Crippen LogP contribution in [-0.2, 0) is 16.6 Å². The maximum absolute atomic E-state index is 12.4. The number of imidazole rings is 1. The minimum Gasteiger partial charge on any atom is -0.347 e. The van der Waals surface area contributed by atoms with Gasteiger partial charge < -0.3 is 4.98 Å². The number of benzene rings is 1. The maximum Gasteiger partial charge on any atom is 0.241 e. The van der Waals surface area contributed by atoms with Gasteiger partial charge in [0, 0.05) is 35.6 Å². The molecule has 2 N–H and O–H groups in total. The summed E-state index contributed by atoms with van der Waals surface area (Å²) in [5, 5.41) is 1.43. The van der Waals surface area contributed by atoms with Gasteiger partial charge in [-0.1, -0.05) is 12.1 Å². The van der Waals surface area contributed by atoms with Crippen LogP contribution in [0.1, 0.15) is 5.82 Å². The highest BCUT2D eigenvalue weighted by atomic mass is 32.2. The first-order valence-corrected chi connectivity index (χ1v) is 7.46. The molecule has 3 aromatic rings. The molecule has 0 saturated carbocycles. The third-order valence-corrected chi connectivity index (χ3v) is 4.37. The normalized spacial score (nSPS) is 11.8. The van der Waals surface area contributed by atoms with Crippen LogP contribution in [0.4, 0.5) is 0 Å². The number of hydrogen-bond donors (Lipinski definition) is 2. The van der Waals surface area contributed by atoms with Crippen LogP contribution in [0.2, 0.25) is 0 Å². The summed E-state index contributed by atoms with van der Waals surface area (Å²) in [6.45, 7) is 0.122. The van der Waals surface area contributed by atoms with Gasteiger partial charge in [0.15, 0.2) is 0 Å². The number of hydrogen-bond acceptors (Lipinski definition) is 4. The second-order valence-electron chi connectivity index (χ2n) is 4.21. The van der Waals surface area contributed by atoms with E-state index in [2.05, 4.69) is 19.7 Å². The van der Waals surface area contributed by atoms with Crippen molar-refractivity contribution in [2.24, 2.45) is 0 Å². The van der Waals surface area contributed by atoms with E-state index in [4.69, 9.17) is 0 Å². The Labute approximate surface area is 115 Å². The Balaban J connectivity index is 1.97. The van der Waals surface area contributed by atoms with Gasteiger partial charge in [-0.25, -0.2) is 18.1 Å². The number of nitrogens with zero attached hydrogens (tertiary/aromatic N) is 2. The molecular formula is C13H12N4O2S. The Morgan fingerprint density at radius 2 is 2.10 bits per heavy atom. The zero-order valence-corrected chi connectivity index (χ0v) is 11.3. The molecule has 102 valence electrons. The van der Waals surface area contributed by atoms with Crippen molar-refractivity contribution in [2.45, 2.75) is 11.4 Å². The highest BCUT2D eigenvalue weighted by Crippen LogP contribution is 2.21. The summed E-state index contributed by atoms with van der Waals surface area (Å²) in [7, 11) is -3.60. The molecule has 0 bridgehead atoms.